The first-order chi connectivity index (χ1) is 11.5. The highest BCUT2D eigenvalue weighted by atomic mass is 16.5. The largest absolute Gasteiger partial charge is 0.351 e. The number of nitrogens with two attached hydrogens (primary N) is 1. The van der Waals surface area contributed by atoms with Gasteiger partial charge in [0, 0.05) is 39.5 Å². The van der Waals surface area contributed by atoms with Crippen molar-refractivity contribution in [3.05, 3.63) is 11.7 Å². The number of piperidine rings is 2. The normalized spacial score (nSPS) is 22.6. The molecular formula is C16H25N5O3. The van der Waals surface area contributed by atoms with Crippen LogP contribution in [0.1, 0.15) is 37.4 Å². The first kappa shape index (κ1) is 16.7. The van der Waals surface area contributed by atoms with E-state index in [1.165, 1.54) is 0 Å². The van der Waals surface area contributed by atoms with Gasteiger partial charge < -0.3 is 20.1 Å². The summed E-state index contributed by atoms with van der Waals surface area (Å²) in [6.07, 6.45) is 4.38. The van der Waals surface area contributed by atoms with Crippen molar-refractivity contribution < 1.29 is 14.1 Å². The number of hydrogen-bond acceptors (Lipinski definition) is 5. The van der Waals surface area contributed by atoms with E-state index < -0.39 is 6.03 Å². The average Bonchev–Trinajstić information content (AvgIpc) is 3.00. The molecule has 3 amide bonds. The van der Waals surface area contributed by atoms with Gasteiger partial charge in [-0.25, -0.2) is 4.79 Å². The highest BCUT2D eigenvalue weighted by Gasteiger charge is 2.32. The molecule has 2 N–H and O–H groups in total. The summed E-state index contributed by atoms with van der Waals surface area (Å²) in [7, 11) is 0. The molecule has 0 unspecified atom stereocenters. The number of hydrogen-bond donors (Lipinski definition) is 1. The SMILES string of the molecule is Cc1nc(CC2CCN(C(=O)[C@H]3CCCN(C(N)=O)C3)CC2)no1. The first-order valence-corrected chi connectivity index (χ1v) is 8.65. The molecular weight excluding hydrogens is 310 g/mol. The molecule has 2 saturated heterocycles. The van der Waals surface area contributed by atoms with Gasteiger partial charge in [-0.1, -0.05) is 5.16 Å². The van der Waals surface area contributed by atoms with Gasteiger partial charge in [-0.3, -0.25) is 4.79 Å². The van der Waals surface area contributed by atoms with E-state index in [1.807, 2.05) is 4.90 Å². The lowest BCUT2D eigenvalue weighted by Crippen LogP contribution is -2.49. The van der Waals surface area contributed by atoms with Crippen molar-refractivity contribution in [2.45, 2.75) is 39.0 Å². The quantitative estimate of drug-likeness (QED) is 0.885. The van der Waals surface area contributed by atoms with Gasteiger partial charge in [-0.15, -0.1) is 0 Å². The fraction of sp³-hybridized carbons (Fsp3) is 0.750. The van der Waals surface area contributed by atoms with Crippen molar-refractivity contribution in [1.29, 1.82) is 0 Å². The summed E-state index contributed by atoms with van der Waals surface area (Å²) in [5.74, 6) is 1.88. The van der Waals surface area contributed by atoms with Crippen LogP contribution >= 0.6 is 0 Å². The predicted octanol–water partition coefficient (Wildman–Crippen LogP) is 0.950. The molecule has 3 heterocycles. The molecule has 0 aromatic carbocycles. The molecule has 0 spiro atoms. The van der Waals surface area contributed by atoms with Gasteiger partial charge in [0.05, 0.1) is 5.92 Å². The summed E-state index contributed by atoms with van der Waals surface area (Å²) in [5.41, 5.74) is 5.34. The van der Waals surface area contributed by atoms with Crippen LogP contribution in [-0.4, -0.2) is 58.1 Å². The molecule has 2 fully saturated rings. The molecule has 24 heavy (non-hydrogen) atoms. The second-order valence-electron chi connectivity index (χ2n) is 6.83. The highest BCUT2D eigenvalue weighted by Crippen LogP contribution is 2.24. The smallest absolute Gasteiger partial charge is 0.314 e. The molecule has 1 aromatic rings. The molecule has 8 nitrogen and oxygen atoms in total. The number of nitrogens with zero attached hydrogens (tertiary/aromatic N) is 4. The lowest BCUT2D eigenvalue weighted by Gasteiger charge is -2.37. The standard InChI is InChI=1S/C16H25N5O3/c1-11-18-14(19-24-11)9-12-4-7-20(8-5-12)15(22)13-3-2-6-21(10-13)16(17)23/h12-13H,2-10H2,1H3,(H2,17,23)/t13-/m0/s1. The summed E-state index contributed by atoms with van der Waals surface area (Å²) < 4.78 is 5.01. The molecule has 0 bridgehead atoms. The van der Waals surface area contributed by atoms with Crippen LogP contribution in [0.2, 0.25) is 0 Å². The number of likely N-dealkylation sites (tertiary alicyclic amines) is 2. The van der Waals surface area contributed by atoms with Crippen LogP contribution in [-0.2, 0) is 11.2 Å². The number of carbonyl (C=O) groups is 2. The Morgan fingerprint density at radius 3 is 2.58 bits per heavy atom. The Labute approximate surface area is 141 Å². The van der Waals surface area contributed by atoms with Crippen molar-refractivity contribution in [3.8, 4) is 0 Å². The van der Waals surface area contributed by atoms with Gasteiger partial charge in [0.1, 0.15) is 0 Å². The maximum Gasteiger partial charge on any atom is 0.314 e. The van der Waals surface area contributed by atoms with Crippen LogP contribution in [0.4, 0.5) is 4.79 Å². The van der Waals surface area contributed by atoms with E-state index in [9.17, 15) is 9.59 Å². The van der Waals surface area contributed by atoms with Crippen molar-refractivity contribution in [2.24, 2.45) is 17.6 Å². The third-order valence-electron chi connectivity index (χ3n) is 5.05. The molecule has 2 aliphatic rings. The number of carbonyl (C=O) groups excluding carboxylic acids is 2. The Morgan fingerprint density at radius 1 is 1.21 bits per heavy atom. The Balaban J connectivity index is 1.49. The molecule has 3 rings (SSSR count). The topological polar surface area (TPSA) is 106 Å². The van der Waals surface area contributed by atoms with Gasteiger partial charge in [0.15, 0.2) is 5.82 Å². The van der Waals surface area contributed by atoms with E-state index in [0.717, 1.165) is 51.0 Å². The van der Waals surface area contributed by atoms with Crippen LogP contribution < -0.4 is 5.73 Å². The lowest BCUT2D eigenvalue weighted by atomic mass is 9.91. The zero-order valence-corrected chi connectivity index (χ0v) is 14.1. The van der Waals surface area contributed by atoms with Gasteiger partial charge in [0.2, 0.25) is 11.8 Å². The summed E-state index contributed by atoms with van der Waals surface area (Å²) in [6.45, 7) is 4.42. The Kier molecular flexibility index (Phi) is 5.01. The molecule has 0 saturated carbocycles. The van der Waals surface area contributed by atoms with E-state index in [1.54, 1.807) is 11.8 Å². The van der Waals surface area contributed by atoms with Crippen LogP contribution in [0.5, 0.6) is 0 Å². The maximum atomic E-state index is 12.7. The molecule has 1 atom stereocenters. The van der Waals surface area contributed by atoms with Crippen LogP contribution in [0.15, 0.2) is 4.52 Å². The number of amides is 3. The Morgan fingerprint density at radius 2 is 1.96 bits per heavy atom. The zero-order valence-electron chi connectivity index (χ0n) is 14.1. The highest BCUT2D eigenvalue weighted by molar-refractivity contribution is 5.80. The minimum absolute atomic E-state index is 0.109. The van der Waals surface area contributed by atoms with Crippen molar-refractivity contribution in [3.63, 3.8) is 0 Å². The molecule has 0 radical (unpaired) electrons. The third-order valence-corrected chi connectivity index (χ3v) is 5.05. The molecule has 8 heteroatoms. The minimum atomic E-state index is -0.429. The maximum absolute atomic E-state index is 12.7. The van der Waals surface area contributed by atoms with Gasteiger partial charge in [-0.05, 0) is 31.6 Å². The minimum Gasteiger partial charge on any atom is -0.351 e. The second kappa shape index (κ2) is 7.19. The molecule has 1 aromatic heterocycles. The van der Waals surface area contributed by atoms with E-state index in [4.69, 9.17) is 10.3 Å². The van der Waals surface area contributed by atoms with E-state index >= 15 is 0 Å². The van der Waals surface area contributed by atoms with E-state index in [2.05, 4.69) is 10.1 Å². The molecule has 2 aliphatic heterocycles. The zero-order chi connectivity index (χ0) is 17.1. The van der Waals surface area contributed by atoms with Gasteiger partial charge in [0.25, 0.3) is 0 Å². The molecule has 0 aliphatic carbocycles. The van der Waals surface area contributed by atoms with Gasteiger partial charge in [-0.2, -0.15) is 4.98 Å². The Hall–Kier alpha value is -2.12. The third kappa shape index (κ3) is 3.85. The number of aryl methyl sites for hydroxylation is 1. The fourth-order valence-electron chi connectivity index (χ4n) is 3.68. The second-order valence-corrected chi connectivity index (χ2v) is 6.83. The van der Waals surface area contributed by atoms with Crippen molar-refractivity contribution >= 4 is 11.9 Å². The fourth-order valence-corrected chi connectivity index (χ4v) is 3.68. The van der Waals surface area contributed by atoms with Crippen LogP contribution in [0, 0.1) is 18.8 Å². The summed E-state index contributed by atoms with van der Waals surface area (Å²) in [4.78, 5) is 31.8. The van der Waals surface area contributed by atoms with Crippen LogP contribution in [0.3, 0.4) is 0 Å². The number of primary amides is 1. The summed E-state index contributed by atoms with van der Waals surface area (Å²) in [6, 6.07) is -0.429. The molecule has 132 valence electrons. The Bertz CT molecular complexity index is 594. The van der Waals surface area contributed by atoms with Crippen molar-refractivity contribution in [1.82, 2.24) is 19.9 Å². The van der Waals surface area contributed by atoms with E-state index in [0.29, 0.717) is 24.9 Å². The van der Waals surface area contributed by atoms with Crippen LogP contribution in [0.25, 0.3) is 0 Å². The first-order valence-electron chi connectivity index (χ1n) is 8.65. The number of rotatable bonds is 3. The van der Waals surface area contributed by atoms with Gasteiger partial charge >= 0.3 is 6.03 Å². The van der Waals surface area contributed by atoms with Crippen molar-refractivity contribution in [2.75, 3.05) is 26.2 Å². The summed E-state index contributed by atoms with van der Waals surface area (Å²) >= 11 is 0. The lowest BCUT2D eigenvalue weighted by molar-refractivity contribution is -0.138. The number of urea groups is 1. The number of aromatic nitrogens is 2. The average molecular weight is 335 g/mol. The monoisotopic (exact) mass is 335 g/mol. The van der Waals surface area contributed by atoms with E-state index in [-0.39, 0.29) is 11.8 Å². The predicted molar refractivity (Wildman–Crippen MR) is 85.9 cm³/mol. The summed E-state index contributed by atoms with van der Waals surface area (Å²) in [5, 5.41) is 3.95.